The molecule has 1 aromatic rings. The van der Waals surface area contributed by atoms with E-state index in [0.29, 0.717) is 5.92 Å². The van der Waals surface area contributed by atoms with Crippen molar-refractivity contribution >= 4 is 13.0 Å². The third kappa shape index (κ3) is 5.40. The average Bonchev–Trinajstić information content (AvgIpc) is 2.73. The Balaban J connectivity index is 0.000000431. The first kappa shape index (κ1) is 21.4. The molecule has 3 saturated carbocycles. The summed E-state index contributed by atoms with van der Waals surface area (Å²) in [5.41, 5.74) is 4.48. The summed E-state index contributed by atoms with van der Waals surface area (Å²) < 4.78 is 49.7. The molecule has 156 valence electrons. The first-order valence-corrected chi connectivity index (χ1v) is 9.82. The van der Waals surface area contributed by atoms with Crippen molar-refractivity contribution in [3.63, 3.8) is 0 Å². The molecule has 1 unspecified atom stereocenters. The van der Waals surface area contributed by atoms with Gasteiger partial charge in [0.05, 0.1) is 7.11 Å². The predicted molar refractivity (Wildman–Crippen MR) is 108 cm³/mol. The van der Waals surface area contributed by atoms with E-state index in [4.69, 9.17) is 9.16 Å². The van der Waals surface area contributed by atoms with Gasteiger partial charge in [-0.05, 0) is 72.9 Å². The Labute approximate surface area is 168 Å². The molecule has 0 aliphatic heterocycles. The largest absolute Gasteiger partial charge is 0.673 e. The number of fused-ring (bicyclic) bond motifs is 3. The Morgan fingerprint density at radius 1 is 0.897 bits per heavy atom. The van der Waals surface area contributed by atoms with Crippen LogP contribution in [0.15, 0.2) is 59.7 Å². The minimum Gasteiger partial charge on any atom is -0.497 e. The maximum absolute atomic E-state index is 9.75. The van der Waals surface area contributed by atoms with Crippen molar-refractivity contribution < 1.29 is 26.4 Å². The number of ketones is 1. The number of hydrogen-bond donors (Lipinski definition) is 0. The maximum atomic E-state index is 9.75. The lowest BCUT2D eigenvalue weighted by molar-refractivity contribution is -0.417. The first-order chi connectivity index (χ1) is 13.8. The Hall–Kier alpha value is -2.31. The van der Waals surface area contributed by atoms with Gasteiger partial charge < -0.3 is 22.0 Å². The van der Waals surface area contributed by atoms with E-state index in [1.807, 2.05) is 0 Å². The van der Waals surface area contributed by atoms with Gasteiger partial charge in [0.25, 0.3) is 7.11 Å². The summed E-state index contributed by atoms with van der Waals surface area (Å²) in [7, 11) is -2.54. The highest BCUT2D eigenvalue weighted by atomic mass is 19.5. The van der Waals surface area contributed by atoms with E-state index in [2.05, 4.69) is 48.6 Å². The summed E-state index contributed by atoms with van der Waals surface area (Å²) in [6.07, 6.45) is 14.1. The Morgan fingerprint density at radius 3 is 1.93 bits per heavy atom. The van der Waals surface area contributed by atoms with Gasteiger partial charge in [-0.15, -0.1) is 0 Å². The van der Waals surface area contributed by atoms with Crippen molar-refractivity contribution in [3.8, 4) is 5.75 Å². The fourth-order valence-corrected chi connectivity index (χ4v) is 4.73. The van der Waals surface area contributed by atoms with Crippen LogP contribution in [0.25, 0.3) is 0 Å². The summed E-state index contributed by atoms with van der Waals surface area (Å²) in [5.74, 6) is 3.93. The van der Waals surface area contributed by atoms with Crippen LogP contribution in [0.5, 0.6) is 5.75 Å². The summed E-state index contributed by atoms with van der Waals surface area (Å²) in [4.78, 5) is 0. The van der Waals surface area contributed by atoms with Gasteiger partial charge in [-0.2, -0.15) is 0 Å². The van der Waals surface area contributed by atoms with E-state index in [0.717, 1.165) is 23.4 Å². The molecular weight excluding hydrogens is 383 g/mol. The first-order valence-electron chi connectivity index (χ1n) is 9.82. The SMILES string of the molecule is COc1ccc(C2C(=C3C=CC(=[O+]C)C=C3)C3CCC2CC3)cc1.F[B-](F)(F)F. The van der Waals surface area contributed by atoms with Crippen LogP contribution >= 0.6 is 0 Å². The highest BCUT2D eigenvalue weighted by Crippen LogP contribution is 2.54. The standard InChI is InChI=1S/C22H25O2.BF4/c1-23-19-11-7-17(8-12-19)21-15-3-5-16(6-4-15)22(21)18-9-13-20(24-2)14-10-18;2-1(3,4)5/h7-16,21H,3-6H2,1-2H3;/q+1;-1. The van der Waals surface area contributed by atoms with Crippen molar-refractivity contribution in [1.29, 1.82) is 0 Å². The monoisotopic (exact) mass is 408 g/mol. The smallest absolute Gasteiger partial charge is 0.497 e. The van der Waals surface area contributed by atoms with Gasteiger partial charge in [-0.1, -0.05) is 17.7 Å². The summed E-state index contributed by atoms with van der Waals surface area (Å²) >= 11 is 0. The molecule has 3 fully saturated rings. The quantitative estimate of drug-likeness (QED) is 0.331. The van der Waals surface area contributed by atoms with Gasteiger partial charge in [-0.25, -0.2) is 0 Å². The van der Waals surface area contributed by atoms with Crippen LogP contribution < -0.4 is 4.74 Å². The van der Waals surface area contributed by atoms with E-state index in [-0.39, 0.29) is 0 Å². The second-order valence-electron chi connectivity index (χ2n) is 7.54. The van der Waals surface area contributed by atoms with Gasteiger partial charge >= 0.3 is 13.0 Å². The predicted octanol–water partition coefficient (Wildman–Crippen LogP) is 6.06. The molecule has 2 bridgehead atoms. The third-order valence-corrected chi connectivity index (χ3v) is 5.92. The molecule has 0 radical (unpaired) electrons. The third-order valence-electron chi connectivity index (χ3n) is 5.92. The molecule has 0 aromatic heterocycles. The zero-order valence-electron chi connectivity index (χ0n) is 16.6. The van der Waals surface area contributed by atoms with Gasteiger partial charge in [-0.3, -0.25) is 4.42 Å². The normalized spacial score (nSPS) is 25.6. The van der Waals surface area contributed by atoms with Crippen molar-refractivity contribution in [2.75, 3.05) is 14.2 Å². The number of ether oxygens (including phenoxy) is 1. The maximum Gasteiger partial charge on any atom is 0.673 e. The molecule has 4 aliphatic carbocycles. The molecule has 5 rings (SSSR count). The van der Waals surface area contributed by atoms with E-state index < -0.39 is 7.25 Å². The highest BCUT2D eigenvalue weighted by molar-refractivity contribution is 6.50. The zero-order chi connectivity index (χ0) is 21.0. The van der Waals surface area contributed by atoms with Crippen molar-refractivity contribution in [1.82, 2.24) is 0 Å². The Morgan fingerprint density at radius 2 is 1.45 bits per heavy atom. The van der Waals surface area contributed by atoms with Gasteiger partial charge in [0.1, 0.15) is 5.75 Å². The Kier molecular flexibility index (Phi) is 6.65. The fourth-order valence-electron chi connectivity index (χ4n) is 4.73. The van der Waals surface area contributed by atoms with Crippen LogP contribution in [0.2, 0.25) is 0 Å². The van der Waals surface area contributed by atoms with Gasteiger partial charge in [0, 0.05) is 18.1 Å². The number of methoxy groups -OCH3 is 1. The van der Waals surface area contributed by atoms with Crippen LogP contribution in [-0.2, 0) is 4.42 Å². The molecule has 4 aliphatic rings. The van der Waals surface area contributed by atoms with Crippen LogP contribution in [-0.4, -0.2) is 27.3 Å². The molecule has 0 heterocycles. The number of allylic oxidation sites excluding steroid dienone is 6. The lowest BCUT2D eigenvalue weighted by atomic mass is 9.58. The van der Waals surface area contributed by atoms with E-state index in [1.165, 1.54) is 36.8 Å². The van der Waals surface area contributed by atoms with Crippen LogP contribution in [0.3, 0.4) is 0 Å². The molecule has 2 nitrogen and oxygen atoms in total. The molecule has 0 amide bonds. The van der Waals surface area contributed by atoms with Gasteiger partial charge in [0.2, 0.25) is 0 Å². The number of halogens is 4. The highest BCUT2D eigenvalue weighted by Gasteiger charge is 2.41. The van der Waals surface area contributed by atoms with Crippen LogP contribution in [0.1, 0.15) is 37.2 Å². The Bertz CT molecular complexity index is 805. The summed E-state index contributed by atoms with van der Waals surface area (Å²) in [6, 6.07) is 8.72. The minimum atomic E-state index is -6.00. The zero-order valence-corrected chi connectivity index (χ0v) is 16.6. The molecule has 1 atom stereocenters. The summed E-state index contributed by atoms with van der Waals surface area (Å²) in [6.45, 7) is 0. The molecule has 0 saturated heterocycles. The van der Waals surface area contributed by atoms with E-state index >= 15 is 0 Å². The average molecular weight is 408 g/mol. The molecule has 7 heteroatoms. The van der Waals surface area contributed by atoms with Crippen LogP contribution in [0, 0.1) is 11.8 Å². The summed E-state index contributed by atoms with van der Waals surface area (Å²) in [5, 5.41) is 0. The molecule has 1 aromatic carbocycles. The van der Waals surface area contributed by atoms with Gasteiger partial charge in [0.15, 0.2) is 0 Å². The van der Waals surface area contributed by atoms with Crippen molar-refractivity contribution in [2.24, 2.45) is 11.8 Å². The van der Waals surface area contributed by atoms with Crippen molar-refractivity contribution in [3.05, 3.63) is 65.3 Å². The molecule has 0 spiro atoms. The lowest BCUT2D eigenvalue weighted by Crippen LogP contribution is -2.33. The molecule has 29 heavy (non-hydrogen) atoms. The minimum absolute atomic E-state index is 0.553. The van der Waals surface area contributed by atoms with Crippen molar-refractivity contribution in [2.45, 2.75) is 31.6 Å². The van der Waals surface area contributed by atoms with Crippen LogP contribution in [0.4, 0.5) is 17.3 Å². The van der Waals surface area contributed by atoms with E-state index in [1.54, 1.807) is 19.8 Å². The lowest BCUT2D eigenvalue weighted by Gasteiger charge is -2.46. The number of carbonyl (C=O) groups excluding carboxylic acids is 1. The number of rotatable bonds is 2. The van der Waals surface area contributed by atoms with E-state index in [9.17, 15) is 17.3 Å². The fraction of sp³-hybridized carbons (Fsp3) is 0.409. The molecule has 0 N–H and O–H groups in total. The second-order valence-corrected chi connectivity index (χ2v) is 7.54. The molecular formula is C22H25BF4O2. The topological polar surface area (TPSA) is 20.5 Å². The number of benzene rings is 1. The number of hydrogen-bond acceptors (Lipinski definition) is 1. The second kappa shape index (κ2) is 9.01.